The molecule has 0 spiro atoms. The largest absolute Gasteiger partial charge is 0.496 e. The molecule has 0 amide bonds. The van der Waals surface area contributed by atoms with Crippen LogP contribution in [0.25, 0.3) is 0 Å². The fourth-order valence-corrected chi connectivity index (χ4v) is 4.49. The summed E-state index contributed by atoms with van der Waals surface area (Å²) in [5.41, 5.74) is 0.747. The molecule has 0 saturated heterocycles. The summed E-state index contributed by atoms with van der Waals surface area (Å²) >= 11 is 0. The van der Waals surface area contributed by atoms with Crippen molar-refractivity contribution in [2.45, 2.75) is 51.3 Å². The van der Waals surface area contributed by atoms with Crippen molar-refractivity contribution in [3.8, 4) is 5.75 Å². The van der Waals surface area contributed by atoms with Crippen molar-refractivity contribution in [1.29, 1.82) is 0 Å². The Morgan fingerprint density at radius 1 is 1.17 bits per heavy atom. The molecule has 0 aliphatic heterocycles. The quantitative estimate of drug-likeness (QED) is 0.729. The third-order valence-corrected chi connectivity index (χ3v) is 5.81. The first-order valence-corrected chi connectivity index (χ1v) is 9.84. The van der Waals surface area contributed by atoms with Crippen molar-refractivity contribution in [3.63, 3.8) is 0 Å². The van der Waals surface area contributed by atoms with Crippen molar-refractivity contribution in [1.82, 2.24) is 0 Å². The summed E-state index contributed by atoms with van der Waals surface area (Å²) in [7, 11) is -1.90. The highest BCUT2D eigenvalue weighted by Crippen LogP contribution is 2.35. The van der Waals surface area contributed by atoms with Gasteiger partial charge in [0, 0.05) is 0 Å². The third kappa shape index (κ3) is 5.82. The molecule has 0 saturated carbocycles. The predicted molar refractivity (Wildman–Crippen MR) is 94.3 cm³/mol. The Balaban J connectivity index is 3.27. The first kappa shape index (κ1) is 20.5. The zero-order chi connectivity index (χ0) is 18.5. The number of carbonyl (C=O) groups is 1. The predicted octanol–water partition coefficient (Wildman–Crippen LogP) is 3.73. The molecule has 1 unspecified atom stereocenters. The van der Waals surface area contributed by atoms with E-state index in [4.69, 9.17) is 9.84 Å². The Morgan fingerprint density at radius 3 is 2.25 bits per heavy atom. The van der Waals surface area contributed by atoms with Gasteiger partial charge in [-0.3, -0.25) is 4.79 Å². The van der Waals surface area contributed by atoms with Crippen molar-refractivity contribution in [3.05, 3.63) is 23.8 Å². The van der Waals surface area contributed by atoms with Gasteiger partial charge in [-0.25, -0.2) is 8.42 Å². The second kappa shape index (κ2) is 8.51. The molecule has 0 bridgehead atoms. The van der Waals surface area contributed by atoms with Gasteiger partial charge in [-0.2, -0.15) is 0 Å². The number of sulfone groups is 1. The SMILES string of the molecule is COc1cc(S(=O)(=O)CC(C)C)ccc1C(CC(=O)O)CC(C)C. The topological polar surface area (TPSA) is 80.7 Å². The van der Waals surface area contributed by atoms with Gasteiger partial charge in [0.2, 0.25) is 0 Å². The van der Waals surface area contributed by atoms with Crippen LogP contribution in [-0.2, 0) is 14.6 Å². The number of aliphatic carboxylic acids is 1. The van der Waals surface area contributed by atoms with Crippen molar-refractivity contribution < 1.29 is 23.1 Å². The summed E-state index contributed by atoms with van der Waals surface area (Å²) < 4.78 is 30.2. The molecule has 6 heteroatoms. The second-order valence-electron chi connectivity index (χ2n) is 7.00. The molecule has 1 aromatic carbocycles. The molecule has 1 aromatic rings. The van der Waals surface area contributed by atoms with E-state index in [0.29, 0.717) is 18.1 Å². The Bertz CT molecular complexity index is 662. The molecule has 0 fully saturated rings. The lowest BCUT2D eigenvalue weighted by Gasteiger charge is -2.21. The van der Waals surface area contributed by atoms with Gasteiger partial charge in [0.05, 0.1) is 24.2 Å². The lowest BCUT2D eigenvalue weighted by atomic mass is 9.87. The number of carboxylic acids is 1. The van der Waals surface area contributed by atoms with E-state index in [1.165, 1.54) is 13.2 Å². The minimum atomic E-state index is -3.38. The number of hydrogen-bond acceptors (Lipinski definition) is 4. The van der Waals surface area contributed by atoms with Crippen LogP contribution in [0.1, 0.15) is 52.0 Å². The van der Waals surface area contributed by atoms with Crippen LogP contribution in [-0.4, -0.2) is 32.4 Å². The summed E-state index contributed by atoms with van der Waals surface area (Å²) in [5.74, 6) is -0.227. The van der Waals surface area contributed by atoms with Crippen LogP contribution in [0, 0.1) is 11.8 Å². The Hall–Kier alpha value is -1.56. The highest BCUT2D eigenvalue weighted by Gasteiger charge is 2.23. The molecule has 0 aliphatic rings. The van der Waals surface area contributed by atoms with Crippen LogP contribution in [0.5, 0.6) is 5.75 Å². The van der Waals surface area contributed by atoms with Gasteiger partial charge < -0.3 is 9.84 Å². The van der Waals surface area contributed by atoms with E-state index >= 15 is 0 Å². The molecular weight excluding hydrogens is 328 g/mol. The summed E-state index contributed by atoms with van der Waals surface area (Å²) in [6.45, 7) is 7.77. The number of hydrogen-bond donors (Lipinski definition) is 1. The van der Waals surface area contributed by atoms with E-state index in [2.05, 4.69) is 0 Å². The standard InChI is InChI=1S/C18H28O5S/c1-12(2)8-14(9-18(19)20)16-7-6-15(10-17(16)23-5)24(21,22)11-13(3)4/h6-7,10,12-14H,8-9,11H2,1-5H3,(H,19,20). The van der Waals surface area contributed by atoms with Gasteiger partial charge in [0.25, 0.3) is 0 Å². The number of rotatable bonds is 9. The molecule has 136 valence electrons. The van der Waals surface area contributed by atoms with Gasteiger partial charge in [-0.05, 0) is 41.9 Å². The zero-order valence-electron chi connectivity index (χ0n) is 15.1. The fourth-order valence-electron chi connectivity index (χ4n) is 2.86. The number of carboxylic acid groups (broad SMARTS) is 1. The number of methoxy groups -OCH3 is 1. The van der Waals surface area contributed by atoms with Crippen LogP contribution in [0.4, 0.5) is 0 Å². The third-order valence-electron chi connectivity index (χ3n) is 3.73. The van der Waals surface area contributed by atoms with Gasteiger partial charge >= 0.3 is 5.97 Å². The van der Waals surface area contributed by atoms with Crippen molar-refractivity contribution >= 4 is 15.8 Å². The van der Waals surface area contributed by atoms with Gasteiger partial charge in [-0.1, -0.05) is 33.8 Å². The average molecular weight is 356 g/mol. The van der Waals surface area contributed by atoms with Gasteiger partial charge in [0.15, 0.2) is 9.84 Å². The highest BCUT2D eigenvalue weighted by molar-refractivity contribution is 7.91. The van der Waals surface area contributed by atoms with Crippen molar-refractivity contribution in [2.75, 3.05) is 12.9 Å². The van der Waals surface area contributed by atoms with Crippen LogP contribution < -0.4 is 4.74 Å². The van der Waals surface area contributed by atoms with E-state index in [0.717, 1.165) is 5.56 Å². The Kier molecular flexibility index (Phi) is 7.27. The van der Waals surface area contributed by atoms with Crippen LogP contribution >= 0.6 is 0 Å². The van der Waals surface area contributed by atoms with Crippen molar-refractivity contribution in [2.24, 2.45) is 11.8 Å². The summed E-state index contributed by atoms with van der Waals surface area (Å²) in [5, 5.41) is 9.17. The average Bonchev–Trinajstić information content (AvgIpc) is 2.43. The fraction of sp³-hybridized carbons (Fsp3) is 0.611. The maximum absolute atomic E-state index is 12.4. The smallest absolute Gasteiger partial charge is 0.303 e. The lowest BCUT2D eigenvalue weighted by Crippen LogP contribution is -2.14. The van der Waals surface area contributed by atoms with E-state index in [1.807, 2.05) is 27.7 Å². The van der Waals surface area contributed by atoms with Gasteiger partial charge in [-0.15, -0.1) is 0 Å². The molecule has 0 radical (unpaired) electrons. The minimum Gasteiger partial charge on any atom is -0.496 e. The summed E-state index contributed by atoms with van der Waals surface area (Å²) in [6, 6.07) is 4.77. The Morgan fingerprint density at radius 2 is 1.79 bits per heavy atom. The van der Waals surface area contributed by atoms with E-state index in [9.17, 15) is 13.2 Å². The molecule has 24 heavy (non-hydrogen) atoms. The second-order valence-corrected chi connectivity index (χ2v) is 9.04. The summed E-state index contributed by atoms with van der Waals surface area (Å²) in [6.07, 6.45) is 0.688. The lowest BCUT2D eigenvalue weighted by molar-refractivity contribution is -0.137. The normalized spacial score (nSPS) is 13.3. The maximum Gasteiger partial charge on any atom is 0.303 e. The van der Waals surface area contributed by atoms with Crippen LogP contribution in [0.3, 0.4) is 0 Å². The first-order valence-electron chi connectivity index (χ1n) is 8.19. The molecule has 1 rings (SSSR count). The highest BCUT2D eigenvalue weighted by atomic mass is 32.2. The molecular formula is C18H28O5S. The zero-order valence-corrected chi connectivity index (χ0v) is 15.9. The molecule has 0 heterocycles. The minimum absolute atomic E-state index is 0.00731. The number of benzene rings is 1. The molecule has 0 aliphatic carbocycles. The van der Waals surface area contributed by atoms with Crippen LogP contribution in [0.2, 0.25) is 0 Å². The summed E-state index contributed by atoms with van der Waals surface area (Å²) in [4.78, 5) is 11.4. The van der Waals surface area contributed by atoms with E-state index in [1.54, 1.807) is 12.1 Å². The maximum atomic E-state index is 12.4. The molecule has 1 atom stereocenters. The van der Waals surface area contributed by atoms with Gasteiger partial charge in [0.1, 0.15) is 5.75 Å². The monoisotopic (exact) mass is 356 g/mol. The molecule has 1 N–H and O–H groups in total. The van der Waals surface area contributed by atoms with Crippen LogP contribution in [0.15, 0.2) is 23.1 Å². The molecule has 5 nitrogen and oxygen atoms in total. The number of ether oxygens (including phenoxy) is 1. The van der Waals surface area contributed by atoms with E-state index in [-0.39, 0.29) is 28.9 Å². The molecule has 0 aromatic heterocycles. The first-order chi connectivity index (χ1) is 11.1. The Labute approximate surface area is 145 Å². The van der Waals surface area contributed by atoms with E-state index < -0.39 is 15.8 Å².